The maximum atomic E-state index is 10.3. The summed E-state index contributed by atoms with van der Waals surface area (Å²) in [5, 5.41) is 9.22. The number of ether oxygens (including phenoxy) is 1. The van der Waals surface area contributed by atoms with E-state index in [1.807, 2.05) is 0 Å². The fraction of sp³-hybridized carbons (Fsp3) is 1.00. The van der Waals surface area contributed by atoms with Crippen LogP contribution in [0.5, 0.6) is 0 Å². The second-order valence-electron chi connectivity index (χ2n) is 3.05. The van der Waals surface area contributed by atoms with Crippen molar-refractivity contribution in [1.82, 2.24) is 0 Å². The third-order valence-electron chi connectivity index (χ3n) is 1.88. The Bertz CT molecular complexity index is 203. The predicted molar refractivity (Wildman–Crippen MR) is 43.0 cm³/mol. The highest BCUT2D eigenvalue weighted by Crippen LogP contribution is 2.36. The lowest BCUT2D eigenvalue weighted by molar-refractivity contribution is 0.000318. The summed E-state index contributed by atoms with van der Waals surface area (Å²) in [4.78, 5) is 16.8. The van der Waals surface area contributed by atoms with Crippen LogP contribution in [-0.4, -0.2) is 39.8 Å². The first kappa shape index (κ1) is 11.1. The Balaban J connectivity index is 2.29. The Morgan fingerprint density at radius 1 is 1.62 bits per heavy atom. The largest absolute Gasteiger partial charge is 0.469 e. The molecule has 7 heteroatoms. The summed E-state index contributed by atoms with van der Waals surface area (Å²) < 4.78 is 19.7. The van der Waals surface area contributed by atoms with E-state index in [1.54, 1.807) is 6.92 Å². The fourth-order valence-corrected chi connectivity index (χ4v) is 1.56. The maximum Gasteiger partial charge on any atom is 0.469 e. The van der Waals surface area contributed by atoms with Gasteiger partial charge in [-0.2, -0.15) is 0 Å². The van der Waals surface area contributed by atoms with Crippen molar-refractivity contribution in [3.05, 3.63) is 0 Å². The first-order chi connectivity index (χ1) is 5.88. The third kappa shape index (κ3) is 3.72. The molecule has 1 fully saturated rings. The Hall–Kier alpha value is 0.0300. The van der Waals surface area contributed by atoms with Gasteiger partial charge in [0.2, 0.25) is 0 Å². The minimum Gasteiger partial charge on any atom is -0.390 e. The van der Waals surface area contributed by atoms with Crippen molar-refractivity contribution in [2.45, 2.75) is 31.7 Å². The minimum absolute atomic E-state index is 0.189. The van der Waals surface area contributed by atoms with Gasteiger partial charge in [-0.05, 0) is 6.92 Å². The molecule has 3 atom stereocenters. The third-order valence-corrected chi connectivity index (χ3v) is 2.37. The summed E-state index contributed by atoms with van der Waals surface area (Å²) in [5.74, 6) is 0. The number of rotatable bonds is 3. The second-order valence-corrected chi connectivity index (χ2v) is 4.29. The summed E-state index contributed by atoms with van der Waals surface area (Å²) in [6.45, 7) is 1.51. The molecule has 13 heavy (non-hydrogen) atoms. The molecule has 0 aromatic heterocycles. The zero-order chi connectivity index (χ0) is 10.1. The van der Waals surface area contributed by atoms with E-state index in [0.717, 1.165) is 0 Å². The highest BCUT2D eigenvalue weighted by atomic mass is 31.2. The van der Waals surface area contributed by atoms with Gasteiger partial charge in [-0.3, -0.25) is 4.52 Å². The number of hydrogen-bond acceptors (Lipinski definition) is 4. The molecule has 1 aliphatic heterocycles. The van der Waals surface area contributed by atoms with Gasteiger partial charge in [0.05, 0.1) is 24.9 Å². The number of aliphatic hydroxyl groups excluding tert-OH is 1. The molecular formula is C6H13O6P. The molecule has 1 heterocycles. The molecule has 1 saturated heterocycles. The van der Waals surface area contributed by atoms with E-state index < -0.39 is 20.0 Å². The van der Waals surface area contributed by atoms with Crippen molar-refractivity contribution < 1.29 is 28.7 Å². The zero-order valence-corrected chi connectivity index (χ0v) is 8.05. The summed E-state index contributed by atoms with van der Waals surface area (Å²) in [6.07, 6.45) is -0.963. The van der Waals surface area contributed by atoms with E-state index in [0.29, 0.717) is 6.42 Å². The quantitative estimate of drug-likeness (QED) is 0.552. The smallest absolute Gasteiger partial charge is 0.390 e. The van der Waals surface area contributed by atoms with Gasteiger partial charge >= 0.3 is 7.82 Å². The SMILES string of the molecule is C[C@@H]1OC(COP(=O)(O)O)C[C@H]1O. The molecule has 0 saturated carbocycles. The Kier molecular flexibility index (Phi) is 3.45. The highest BCUT2D eigenvalue weighted by molar-refractivity contribution is 7.46. The van der Waals surface area contributed by atoms with Crippen molar-refractivity contribution in [3.63, 3.8) is 0 Å². The lowest BCUT2D eigenvalue weighted by Gasteiger charge is -2.11. The van der Waals surface area contributed by atoms with Crippen LogP contribution >= 0.6 is 7.82 Å². The average molecular weight is 212 g/mol. The van der Waals surface area contributed by atoms with Crippen molar-refractivity contribution in [2.24, 2.45) is 0 Å². The maximum absolute atomic E-state index is 10.3. The van der Waals surface area contributed by atoms with Crippen LogP contribution in [0.25, 0.3) is 0 Å². The lowest BCUT2D eigenvalue weighted by Crippen LogP contribution is -2.16. The van der Waals surface area contributed by atoms with Crippen LogP contribution in [0.15, 0.2) is 0 Å². The van der Waals surface area contributed by atoms with Crippen molar-refractivity contribution in [2.75, 3.05) is 6.61 Å². The van der Waals surface area contributed by atoms with E-state index in [-0.39, 0.29) is 12.7 Å². The molecule has 0 spiro atoms. The van der Waals surface area contributed by atoms with Gasteiger partial charge in [0.25, 0.3) is 0 Å². The number of phosphoric ester groups is 1. The van der Waals surface area contributed by atoms with Crippen LogP contribution in [0.4, 0.5) is 0 Å². The molecule has 0 aromatic carbocycles. The molecule has 0 radical (unpaired) electrons. The molecule has 1 aliphatic rings. The fourth-order valence-electron chi connectivity index (χ4n) is 1.20. The van der Waals surface area contributed by atoms with Crippen LogP contribution in [-0.2, 0) is 13.8 Å². The molecule has 78 valence electrons. The van der Waals surface area contributed by atoms with E-state index in [2.05, 4.69) is 4.52 Å². The van der Waals surface area contributed by atoms with Gasteiger partial charge in [0, 0.05) is 6.42 Å². The summed E-state index contributed by atoms with van der Waals surface area (Å²) >= 11 is 0. The number of aliphatic hydroxyl groups is 1. The Morgan fingerprint density at radius 2 is 2.23 bits per heavy atom. The van der Waals surface area contributed by atoms with Gasteiger partial charge < -0.3 is 19.6 Å². The van der Waals surface area contributed by atoms with Gasteiger partial charge in [-0.15, -0.1) is 0 Å². The van der Waals surface area contributed by atoms with Crippen molar-refractivity contribution in [1.29, 1.82) is 0 Å². The van der Waals surface area contributed by atoms with Crippen LogP contribution in [0.3, 0.4) is 0 Å². The molecule has 0 amide bonds. The lowest BCUT2D eigenvalue weighted by atomic mass is 10.2. The van der Waals surface area contributed by atoms with E-state index >= 15 is 0 Å². The monoisotopic (exact) mass is 212 g/mol. The standard InChI is InChI=1S/C6H13O6P/c1-4-6(7)2-5(12-4)3-11-13(8,9)10/h4-7H,2-3H2,1H3,(H2,8,9,10)/t4-,5?,6+/m0/s1. The van der Waals surface area contributed by atoms with Gasteiger partial charge in [-0.1, -0.05) is 0 Å². The van der Waals surface area contributed by atoms with Crippen LogP contribution in [0.2, 0.25) is 0 Å². The molecule has 0 aliphatic carbocycles. The Morgan fingerprint density at radius 3 is 2.62 bits per heavy atom. The predicted octanol–water partition coefficient (Wildman–Crippen LogP) is -0.366. The second kappa shape index (κ2) is 4.04. The zero-order valence-electron chi connectivity index (χ0n) is 7.16. The van der Waals surface area contributed by atoms with Crippen molar-refractivity contribution in [3.8, 4) is 0 Å². The normalized spacial score (nSPS) is 35.2. The van der Waals surface area contributed by atoms with Gasteiger partial charge in [0.15, 0.2) is 0 Å². The molecule has 6 nitrogen and oxygen atoms in total. The molecule has 0 aromatic rings. The molecular weight excluding hydrogens is 199 g/mol. The topological polar surface area (TPSA) is 96.2 Å². The van der Waals surface area contributed by atoms with E-state index in [1.165, 1.54) is 0 Å². The number of hydrogen-bond donors (Lipinski definition) is 3. The average Bonchev–Trinajstić information content (AvgIpc) is 2.27. The summed E-state index contributed by atoms with van der Waals surface area (Å²) in [5.41, 5.74) is 0. The minimum atomic E-state index is -4.42. The number of phosphoric acid groups is 1. The van der Waals surface area contributed by atoms with Crippen molar-refractivity contribution >= 4 is 7.82 Å². The van der Waals surface area contributed by atoms with Crippen LogP contribution in [0, 0.1) is 0 Å². The molecule has 3 N–H and O–H groups in total. The van der Waals surface area contributed by atoms with Crippen LogP contribution < -0.4 is 0 Å². The van der Waals surface area contributed by atoms with Crippen LogP contribution in [0.1, 0.15) is 13.3 Å². The van der Waals surface area contributed by atoms with E-state index in [4.69, 9.17) is 14.5 Å². The van der Waals surface area contributed by atoms with Gasteiger partial charge in [-0.25, -0.2) is 4.57 Å². The Labute approximate surface area is 75.7 Å². The van der Waals surface area contributed by atoms with E-state index in [9.17, 15) is 9.67 Å². The summed E-state index contributed by atoms with van der Waals surface area (Å²) in [6, 6.07) is 0. The van der Waals surface area contributed by atoms with Gasteiger partial charge in [0.1, 0.15) is 0 Å². The first-order valence-corrected chi connectivity index (χ1v) is 5.45. The molecule has 0 bridgehead atoms. The molecule has 1 rings (SSSR count). The molecule has 1 unspecified atom stereocenters. The first-order valence-electron chi connectivity index (χ1n) is 3.92. The summed E-state index contributed by atoms with van der Waals surface area (Å²) in [7, 11) is -4.42. The highest BCUT2D eigenvalue weighted by Gasteiger charge is 2.32.